The number of carbonyl (C=O) groups is 3. The van der Waals surface area contributed by atoms with E-state index in [1.165, 1.54) is 0 Å². The van der Waals surface area contributed by atoms with Crippen LogP contribution in [0, 0.1) is 13.8 Å². The summed E-state index contributed by atoms with van der Waals surface area (Å²) < 4.78 is 16.7. The highest BCUT2D eigenvalue weighted by atomic mass is 16.5. The van der Waals surface area contributed by atoms with Gasteiger partial charge in [0.25, 0.3) is 5.91 Å². The zero-order valence-corrected chi connectivity index (χ0v) is 21.6. The number of Topliss-reactive ketones (excluding diaryl/α,β-unsaturated/α-hetero) is 1. The van der Waals surface area contributed by atoms with Gasteiger partial charge in [0.15, 0.2) is 19.0 Å². The Morgan fingerprint density at radius 3 is 2.57 bits per heavy atom. The molecule has 0 spiro atoms. The summed E-state index contributed by atoms with van der Waals surface area (Å²) in [6.45, 7) is 8.70. The minimum atomic E-state index is -0.198. The highest BCUT2D eigenvalue weighted by Gasteiger charge is 2.26. The first-order chi connectivity index (χ1) is 17.9. The molecule has 2 aromatic carbocycles. The number of nitrogens with zero attached hydrogens (tertiary/aromatic N) is 2. The number of hydrogen-bond acceptors (Lipinski definition) is 7. The number of rotatable bonds is 11. The van der Waals surface area contributed by atoms with Crippen LogP contribution in [0.3, 0.4) is 0 Å². The molecule has 0 atom stereocenters. The molecule has 1 saturated heterocycles. The topological polar surface area (TPSA) is 97.4 Å². The van der Waals surface area contributed by atoms with Gasteiger partial charge in [0, 0.05) is 44.7 Å². The summed E-state index contributed by atoms with van der Waals surface area (Å²) in [6.07, 6.45) is 0.813. The van der Waals surface area contributed by atoms with Crippen LogP contribution in [0.5, 0.6) is 11.5 Å². The first-order valence-corrected chi connectivity index (χ1v) is 12.8. The highest BCUT2D eigenvalue weighted by Crippen LogP contribution is 2.33. The normalized spacial score (nSPS) is 15.6. The van der Waals surface area contributed by atoms with Crippen molar-refractivity contribution in [1.29, 1.82) is 0 Å². The maximum Gasteiger partial charge on any atom is 0.265 e. The van der Waals surface area contributed by atoms with Gasteiger partial charge in [-0.25, -0.2) is 0 Å². The number of fused-ring (bicyclic) bond motifs is 1. The number of ketones is 1. The summed E-state index contributed by atoms with van der Waals surface area (Å²) in [5.74, 6) is 0.820. The Morgan fingerprint density at radius 1 is 1.05 bits per heavy atom. The van der Waals surface area contributed by atoms with E-state index in [4.69, 9.17) is 14.2 Å². The molecule has 2 aliphatic heterocycles. The van der Waals surface area contributed by atoms with Crippen LogP contribution < -0.4 is 19.7 Å². The van der Waals surface area contributed by atoms with E-state index >= 15 is 0 Å². The quantitative estimate of drug-likeness (QED) is 0.465. The number of benzene rings is 2. The number of para-hydroxylation sites is 1. The first-order valence-electron chi connectivity index (χ1n) is 12.8. The van der Waals surface area contributed by atoms with Crippen LogP contribution in [0.25, 0.3) is 0 Å². The minimum Gasteiger partial charge on any atom is -0.485 e. The van der Waals surface area contributed by atoms with E-state index in [0.717, 1.165) is 44.0 Å². The van der Waals surface area contributed by atoms with Crippen molar-refractivity contribution in [2.24, 2.45) is 0 Å². The number of hydrogen-bond donors (Lipinski definition) is 1. The molecule has 0 saturated carbocycles. The second-order valence-corrected chi connectivity index (χ2v) is 9.36. The van der Waals surface area contributed by atoms with Crippen molar-refractivity contribution in [3.63, 3.8) is 0 Å². The molecule has 4 rings (SSSR count). The van der Waals surface area contributed by atoms with Crippen molar-refractivity contribution in [2.45, 2.75) is 26.7 Å². The predicted octanol–water partition coefficient (Wildman–Crippen LogP) is 2.52. The average Bonchev–Trinajstić information content (AvgIpc) is 2.90. The van der Waals surface area contributed by atoms with Crippen LogP contribution in [0.15, 0.2) is 36.4 Å². The lowest BCUT2D eigenvalue weighted by atomic mass is 10.1. The van der Waals surface area contributed by atoms with Crippen molar-refractivity contribution in [3.8, 4) is 11.5 Å². The van der Waals surface area contributed by atoms with Gasteiger partial charge in [-0.15, -0.1) is 0 Å². The van der Waals surface area contributed by atoms with Gasteiger partial charge in [-0.2, -0.15) is 0 Å². The van der Waals surface area contributed by atoms with Gasteiger partial charge in [0.1, 0.15) is 11.5 Å². The third-order valence-electron chi connectivity index (χ3n) is 6.62. The Kier molecular flexibility index (Phi) is 9.14. The SMILES string of the molecule is Cc1cccc(C)c1OCC(=O)c1ccc2c(c1)N(CCCC(=O)NCCN1CCOCC1)C(=O)CO2. The minimum absolute atomic E-state index is 0.0400. The number of anilines is 1. The number of nitrogens with one attached hydrogen (secondary N) is 1. The van der Waals surface area contributed by atoms with Crippen molar-refractivity contribution >= 4 is 23.3 Å². The molecule has 2 aliphatic rings. The lowest BCUT2D eigenvalue weighted by molar-refractivity contribution is -0.122. The fourth-order valence-corrected chi connectivity index (χ4v) is 4.53. The summed E-state index contributed by atoms with van der Waals surface area (Å²) >= 11 is 0. The summed E-state index contributed by atoms with van der Waals surface area (Å²) in [7, 11) is 0. The van der Waals surface area contributed by atoms with E-state index in [1.54, 1.807) is 23.1 Å². The van der Waals surface area contributed by atoms with Gasteiger partial charge in [-0.1, -0.05) is 18.2 Å². The molecule has 9 nitrogen and oxygen atoms in total. The van der Waals surface area contributed by atoms with Crippen LogP contribution in [0.4, 0.5) is 5.69 Å². The van der Waals surface area contributed by atoms with Gasteiger partial charge >= 0.3 is 0 Å². The Balaban J connectivity index is 1.30. The van der Waals surface area contributed by atoms with Gasteiger partial charge in [-0.3, -0.25) is 19.3 Å². The van der Waals surface area contributed by atoms with Crippen molar-refractivity contribution < 1.29 is 28.6 Å². The molecule has 0 unspecified atom stereocenters. The molecule has 2 heterocycles. The van der Waals surface area contributed by atoms with E-state index in [-0.39, 0.29) is 30.8 Å². The van der Waals surface area contributed by atoms with E-state index in [2.05, 4.69) is 10.2 Å². The van der Waals surface area contributed by atoms with E-state index in [1.807, 2.05) is 32.0 Å². The number of amides is 2. The predicted molar refractivity (Wildman–Crippen MR) is 140 cm³/mol. The van der Waals surface area contributed by atoms with E-state index in [9.17, 15) is 14.4 Å². The fourth-order valence-electron chi connectivity index (χ4n) is 4.53. The summed E-state index contributed by atoms with van der Waals surface area (Å²) in [5.41, 5.74) is 2.91. The number of morpholine rings is 1. The number of aryl methyl sites for hydroxylation is 2. The van der Waals surface area contributed by atoms with Crippen molar-refractivity contribution in [3.05, 3.63) is 53.1 Å². The molecule has 2 aromatic rings. The largest absolute Gasteiger partial charge is 0.485 e. The molecule has 37 heavy (non-hydrogen) atoms. The van der Waals surface area contributed by atoms with E-state index in [0.29, 0.717) is 48.7 Å². The van der Waals surface area contributed by atoms with Crippen LogP contribution >= 0.6 is 0 Å². The summed E-state index contributed by atoms with van der Waals surface area (Å²) in [5, 5.41) is 2.95. The monoisotopic (exact) mass is 509 g/mol. The molecule has 0 aliphatic carbocycles. The molecule has 198 valence electrons. The molecule has 0 radical (unpaired) electrons. The van der Waals surface area contributed by atoms with E-state index < -0.39 is 0 Å². The summed E-state index contributed by atoms with van der Waals surface area (Å²) in [6, 6.07) is 10.9. The van der Waals surface area contributed by atoms with Gasteiger partial charge in [-0.05, 0) is 49.6 Å². The summed E-state index contributed by atoms with van der Waals surface area (Å²) in [4.78, 5) is 41.7. The zero-order valence-electron chi connectivity index (χ0n) is 21.6. The van der Waals surface area contributed by atoms with Crippen molar-refractivity contribution in [1.82, 2.24) is 10.2 Å². The highest BCUT2D eigenvalue weighted by molar-refractivity contribution is 6.02. The maximum absolute atomic E-state index is 12.9. The third kappa shape index (κ3) is 7.08. The van der Waals surface area contributed by atoms with Crippen molar-refractivity contribution in [2.75, 3.05) is 64.1 Å². The molecule has 0 bridgehead atoms. The molecule has 1 fully saturated rings. The Labute approximate surface area is 217 Å². The molecular formula is C28H35N3O6. The van der Waals surface area contributed by atoms with Gasteiger partial charge < -0.3 is 24.4 Å². The molecule has 0 aromatic heterocycles. The first kappa shape index (κ1) is 26.6. The fraction of sp³-hybridized carbons (Fsp3) is 0.464. The smallest absolute Gasteiger partial charge is 0.265 e. The standard InChI is InChI=1S/C28H35N3O6/c1-20-5-3-6-21(2)28(20)37-18-24(32)22-8-9-25-23(17-22)31(27(34)19-36-25)11-4-7-26(33)29-10-12-30-13-15-35-16-14-30/h3,5-6,8-9,17H,4,7,10-16,18-19H2,1-2H3,(H,29,33). The molecule has 1 N–H and O–H groups in total. The molecule has 9 heteroatoms. The maximum atomic E-state index is 12.9. The van der Waals surface area contributed by atoms with Gasteiger partial charge in [0.2, 0.25) is 5.91 Å². The van der Waals surface area contributed by atoms with Gasteiger partial charge in [0.05, 0.1) is 18.9 Å². The third-order valence-corrected chi connectivity index (χ3v) is 6.62. The lowest BCUT2D eigenvalue weighted by Crippen LogP contribution is -2.41. The second kappa shape index (κ2) is 12.7. The Bertz CT molecular complexity index is 1110. The Hall–Kier alpha value is -3.43. The lowest BCUT2D eigenvalue weighted by Gasteiger charge is -2.29. The zero-order chi connectivity index (χ0) is 26.2. The number of carbonyl (C=O) groups excluding carboxylic acids is 3. The molecule has 2 amide bonds. The second-order valence-electron chi connectivity index (χ2n) is 9.36. The van der Waals surface area contributed by atoms with Crippen LogP contribution in [-0.4, -0.2) is 81.6 Å². The Morgan fingerprint density at radius 2 is 1.81 bits per heavy atom. The van der Waals surface area contributed by atoms with Crippen LogP contribution in [0.2, 0.25) is 0 Å². The number of ether oxygens (including phenoxy) is 3. The van der Waals surface area contributed by atoms with Crippen LogP contribution in [-0.2, 0) is 14.3 Å². The molecular weight excluding hydrogens is 474 g/mol. The van der Waals surface area contributed by atoms with Crippen LogP contribution in [0.1, 0.15) is 34.3 Å². The average molecular weight is 510 g/mol.